The van der Waals surface area contributed by atoms with Gasteiger partial charge in [0.05, 0.1) is 16.8 Å². The average molecular weight is 406 g/mol. The molecule has 6 heteroatoms. The Hall–Kier alpha value is -1.27. The van der Waals surface area contributed by atoms with E-state index in [0.29, 0.717) is 10.8 Å². The molecule has 128 valence electrons. The molecular weight excluding hydrogens is 390 g/mol. The Labute approximate surface area is 164 Å². The van der Waals surface area contributed by atoms with Crippen molar-refractivity contribution in [3.63, 3.8) is 0 Å². The van der Waals surface area contributed by atoms with Crippen LogP contribution in [0.4, 0.5) is 0 Å². The van der Waals surface area contributed by atoms with E-state index in [0.717, 1.165) is 17.9 Å². The molecule has 4 rings (SSSR count). The summed E-state index contributed by atoms with van der Waals surface area (Å²) in [5.41, 5.74) is 1.29. The topological polar surface area (TPSA) is 20.3 Å². The molecule has 3 aromatic rings. The summed E-state index contributed by atoms with van der Waals surface area (Å²) in [5, 5.41) is 4.92. The predicted molar refractivity (Wildman–Crippen MR) is 108 cm³/mol. The van der Waals surface area contributed by atoms with E-state index in [-0.39, 0.29) is 11.9 Å². The van der Waals surface area contributed by atoms with Crippen LogP contribution in [-0.4, -0.2) is 23.1 Å². The second-order valence-electron chi connectivity index (χ2n) is 5.77. The molecule has 0 aliphatic carbocycles. The van der Waals surface area contributed by atoms with Crippen LogP contribution in [-0.2, 0) is 11.2 Å². The van der Waals surface area contributed by atoms with E-state index >= 15 is 0 Å². The van der Waals surface area contributed by atoms with Crippen LogP contribution in [0.1, 0.15) is 21.4 Å². The molecule has 0 spiro atoms. The second kappa shape index (κ2) is 7.54. The van der Waals surface area contributed by atoms with Gasteiger partial charge in [0.15, 0.2) is 0 Å². The first-order valence-corrected chi connectivity index (χ1v) is 11.1. The number of amides is 1. The molecule has 0 saturated carbocycles. The molecule has 1 aliphatic heterocycles. The largest absolute Gasteiger partial charge is 0.330 e. The number of thiophene rings is 2. The maximum atomic E-state index is 13.0. The smallest absolute Gasteiger partial charge is 0.233 e. The zero-order valence-corrected chi connectivity index (χ0v) is 16.6. The van der Waals surface area contributed by atoms with Gasteiger partial charge >= 0.3 is 0 Å². The lowest BCUT2D eigenvalue weighted by molar-refractivity contribution is -0.130. The first-order valence-electron chi connectivity index (χ1n) is 8.00. The summed E-state index contributed by atoms with van der Waals surface area (Å²) in [5.74, 6) is 0.575. The summed E-state index contributed by atoms with van der Waals surface area (Å²) in [4.78, 5) is 18.6. The van der Waals surface area contributed by atoms with Gasteiger partial charge in [-0.15, -0.1) is 34.4 Å². The van der Waals surface area contributed by atoms with Crippen LogP contribution in [0.25, 0.3) is 0 Å². The highest BCUT2D eigenvalue weighted by Crippen LogP contribution is 2.40. The van der Waals surface area contributed by atoms with Gasteiger partial charge in [-0.2, -0.15) is 0 Å². The van der Waals surface area contributed by atoms with Crippen LogP contribution in [0.5, 0.6) is 0 Å². The van der Waals surface area contributed by atoms with Crippen LogP contribution in [0.15, 0.2) is 58.1 Å². The highest BCUT2D eigenvalue weighted by atomic mass is 35.5. The van der Waals surface area contributed by atoms with Crippen LogP contribution in [0.3, 0.4) is 0 Å². The number of carbonyl (C=O) groups is 1. The van der Waals surface area contributed by atoms with Crippen molar-refractivity contribution in [2.24, 2.45) is 0 Å². The van der Waals surface area contributed by atoms with E-state index in [1.807, 2.05) is 29.2 Å². The van der Waals surface area contributed by atoms with E-state index in [1.165, 1.54) is 27.1 Å². The van der Waals surface area contributed by atoms with Gasteiger partial charge in [0, 0.05) is 21.2 Å². The second-order valence-corrected chi connectivity index (χ2v) is 9.18. The zero-order chi connectivity index (χ0) is 17.2. The molecule has 0 saturated heterocycles. The molecule has 0 fully saturated rings. The number of thioether (sulfide) groups is 1. The third kappa shape index (κ3) is 3.51. The Kier molecular flexibility index (Phi) is 5.17. The molecule has 3 heterocycles. The third-order valence-electron chi connectivity index (χ3n) is 4.29. The maximum Gasteiger partial charge on any atom is 0.233 e. The zero-order valence-electron chi connectivity index (χ0n) is 13.4. The van der Waals surface area contributed by atoms with Gasteiger partial charge < -0.3 is 4.90 Å². The maximum absolute atomic E-state index is 13.0. The van der Waals surface area contributed by atoms with Crippen molar-refractivity contribution < 1.29 is 4.79 Å². The normalized spacial score (nSPS) is 16.7. The third-order valence-corrected chi connectivity index (χ3v) is 7.71. The molecule has 25 heavy (non-hydrogen) atoms. The molecule has 0 bridgehead atoms. The summed E-state index contributed by atoms with van der Waals surface area (Å²) in [6, 6.07) is 14.1. The molecule has 2 nitrogen and oxygen atoms in total. The fraction of sp³-hybridized carbons (Fsp3) is 0.211. The van der Waals surface area contributed by atoms with Crippen LogP contribution in [0.2, 0.25) is 5.02 Å². The SMILES string of the molecule is O=C(CSc1ccccc1Cl)N1CCc2sccc2[C@@H]1c1cccs1. The van der Waals surface area contributed by atoms with Crippen LogP contribution < -0.4 is 0 Å². The lowest BCUT2D eigenvalue weighted by Crippen LogP contribution is -2.40. The van der Waals surface area contributed by atoms with Crippen molar-refractivity contribution in [2.75, 3.05) is 12.3 Å². The van der Waals surface area contributed by atoms with Gasteiger partial charge in [0.1, 0.15) is 0 Å². The number of hydrogen-bond donors (Lipinski definition) is 0. The summed E-state index contributed by atoms with van der Waals surface area (Å²) in [6.45, 7) is 0.776. The van der Waals surface area contributed by atoms with E-state index in [9.17, 15) is 4.79 Å². The average Bonchev–Trinajstić information content (AvgIpc) is 3.31. The van der Waals surface area contributed by atoms with Crippen molar-refractivity contribution in [3.8, 4) is 0 Å². The van der Waals surface area contributed by atoms with Crippen molar-refractivity contribution in [1.82, 2.24) is 4.90 Å². The monoisotopic (exact) mass is 405 g/mol. The predicted octanol–water partition coefficient (Wildman–Crippen LogP) is 5.73. The molecular formula is C19H16ClNOS3. The van der Waals surface area contributed by atoms with Crippen LogP contribution in [0, 0.1) is 0 Å². The molecule has 1 atom stereocenters. The van der Waals surface area contributed by atoms with Gasteiger partial charge in [0.25, 0.3) is 0 Å². The summed E-state index contributed by atoms with van der Waals surface area (Å²) >= 11 is 11.2. The lowest BCUT2D eigenvalue weighted by Gasteiger charge is -2.35. The molecule has 0 radical (unpaired) electrons. The summed E-state index contributed by atoms with van der Waals surface area (Å²) < 4.78 is 0. The number of fused-ring (bicyclic) bond motifs is 1. The van der Waals surface area contributed by atoms with Gasteiger partial charge in [-0.05, 0) is 47.0 Å². The van der Waals surface area contributed by atoms with Crippen molar-refractivity contribution in [1.29, 1.82) is 0 Å². The Morgan fingerprint density at radius 2 is 2.04 bits per heavy atom. The number of nitrogens with zero attached hydrogens (tertiary/aromatic N) is 1. The molecule has 0 unspecified atom stereocenters. The van der Waals surface area contributed by atoms with E-state index in [2.05, 4.69) is 29.0 Å². The van der Waals surface area contributed by atoms with Gasteiger partial charge in [0.2, 0.25) is 5.91 Å². The minimum atomic E-state index is 0.0503. The Morgan fingerprint density at radius 1 is 1.16 bits per heavy atom. The van der Waals surface area contributed by atoms with Crippen molar-refractivity contribution in [2.45, 2.75) is 17.4 Å². The highest BCUT2D eigenvalue weighted by molar-refractivity contribution is 8.00. The first kappa shape index (κ1) is 17.2. The van der Waals surface area contributed by atoms with Gasteiger partial charge in [-0.3, -0.25) is 4.79 Å². The fourth-order valence-corrected chi connectivity index (χ4v) is 6.01. The van der Waals surface area contributed by atoms with Gasteiger partial charge in [-0.1, -0.05) is 29.8 Å². The minimum Gasteiger partial charge on any atom is -0.330 e. The summed E-state index contributed by atoms with van der Waals surface area (Å²) in [6.07, 6.45) is 0.942. The Bertz CT molecular complexity index is 874. The van der Waals surface area contributed by atoms with E-state index in [4.69, 9.17) is 11.6 Å². The summed E-state index contributed by atoms with van der Waals surface area (Å²) in [7, 11) is 0. The molecule has 1 aromatic carbocycles. The van der Waals surface area contributed by atoms with Gasteiger partial charge in [-0.25, -0.2) is 0 Å². The molecule has 0 N–H and O–H groups in total. The number of rotatable bonds is 4. The van der Waals surface area contributed by atoms with E-state index in [1.54, 1.807) is 22.7 Å². The first-order chi connectivity index (χ1) is 12.2. The van der Waals surface area contributed by atoms with Crippen molar-refractivity contribution in [3.05, 3.63) is 73.6 Å². The number of carbonyl (C=O) groups excluding carboxylic acids is 1. The number of hydrogen-bond acceptors (Lipinski definition) is 4. The molecule has 2 aromatic heterocycles. The number of halogens is 1. The minimum absolute atomic E-state index is 0.0503. The molecule has 1 aliphatic rings. The van der Waals surface area contributed by atoms with Crippen LogP contribution >= 0.6 is 46.0 Å². The van der Waals surface area contributed by atoms with E-state index < -0.39 is 0 Å². The Balaban J connectivity index is 1.56. The number of benzene rings is 1. The van der Waals surface area contributed by atoms with Crippen molar-refractivity contribution >= 4 is 51.9 Å². The fourth-order valence-electron chi connectivity index (χ4n) is 3.12. The quantitative estimate of drug-likeness (QED) is 0.516. The standard InChI is InChI=1S/C19H16ClNOS3/c20-14-4-1-2-5-16(14)25-12-18(22)21-9-7-15-13(8-11-24-15)19(21)17-6-3-10-23-17/h1-6,8,10-11,19H,7,9,12H2/t19-/m1/s1. The lowest BCUT2D eigenvalue weighted by atomic mass is 9.98. The molecule has 1 amide bonds. The Morgan fingerprint density at radius 3 is 2.84 bits per heavy atom. The highest BCUT2D eigenvalue weighted by Gasteiger charge is 2.33.